The summed E-state index contributed by atoms with van der Waals surface area (Å²) in [7, 11) is 1.63. The van der Waals surface area contributed by atoms with Crippen LogP contribution in [0.4, 0.5) is 5.69 Å². The fourth-order valence-corrected chi connectivity index (χ4v) is 4.77. The number of nitrogens with one attached hydrogen (secondary N) is 2. The number of hydrogen-bond donors (Lipinski definition) is 2. The summed E-state index contributed by atoms with van der Waals surface area (Å²) in [5, 5.41) is 12.5. The van der Waals surface area contributed by atoms with Crippen LogP contribution in [0.5, 0.6) is 5.75 Å². The molecule has 1 aliphatic rings. The Kier molecular flexibility index (Phi) is 6.38. The second kappa shape index (κ2) is 9.20. The molecule has 4 rings (SSSR count). The Bertz CT molecular complexity index is 1090. The van der Waals surface area contributed by atoms with Gasteiger partial charge in [0, 0.05) is 17.1 Å². The Morgan fingerprint density at radius 3 is 2.74 bits per heavy atom. The molecule has 0 saturated heterocycles. The van der Waals surface area contributed by atoms with Crippen LogP contribution in [0.25, 0.3) is 0 Å². The second-order valence-electron chi connectivity index (χ2n) is 7.30. The third kappa shape index (κ3) is 4.36. The second-order valence-corrected chi connectivity index (χ2v) is 8.82. The van der Waals surface area contributed by atoms with E-state index in [9.17, 15) is 4.79 Å². The van der Waals surface area contributed by atoms with Gasteiger partial charge < -0.3 is 15.5 Å². The molecule has 0 spiro atoms. The molecule has 1 amide bonds. The molecule has 0 radical (unpaired) electrons. The van der Waals surface area contributed by atoms with Gasteiger partial charge in [-0.3, -0.25) is 4.79 Å². The zero-order chi connectivity index (χ0) is 22.0. The summed E-state index contributed by atoms with van der Waals surface area (Å²) >= 11 is 7.64. The normalized spacial score (nSPS) is 17.5. The molecule has 7 nitrogen and oxygen atoms in total. The number of ether oxygens (including phenoxy) is 1. The Balaban J connectivity index is 1.68. The summed E-state index contributed by atoms with van der Waals surface area (Å²) in [6, 6.07) is 12.9. The molecule has 0 saturated carbocycles. The zero-order valence-corrected chi connectivity index (χ0v) is 19.1. The fourth-order valence-electron chi connectivity index (χ4n) is 3.49. The monoisotopic (exact) mass is 457 g/mol. The Morgan fingerprint density at radius 1 is 1.26 bits per heavy atom. The van der Waals surface area contributed by atoms with Gasteiger partial charge in [-0.2, -0.15) is 0 Å². The van der Waals surface area contributed by atoms with Crippen molar-refractivity contribution in [3.05, 3.63) is 64.4 Å². The van der Waals surface area contributed by atoms with E-state index in [1.165, 1.54) is 11.8 Å². The van der Waals surface area contributed by atoms with Gasteiger partial charge in [-0.05, 0) is 48.7 Å². The number of anilines is 1. The lowest BCUT2D eigenvalue weighted by atomic mass is 10.0. The van der Waals surface area contributed by atoms with Crippen molar-refractivity contribution in [3.8, 4) is 5.75 Å². The van der Waals surface area contributed by atoms with Gasteiger partial charge in [0.2, 0.25) is 11.1 Å². The number of thioether (sulfide) groups is 1. The van der Waals surface area contributed by atoms with Crippen LogP contribution in [0.15, 0.2) is 47.6 Å². The number of aromatic nitrogens is 3. The first-order valence-corrected chi connectivity index (χ1v) is 11.3. The highest BCUT2D eigenvalue weighted by Gasteiger charge is 2.38. The molecule has 1 aromatic heterocycles. The molecule has 2 N–H and O–H groups in total. The molecule has 9 heteroatoms. The van der Waals surface area contributed by atoms with E-state index in [1.807, 2.05) is 48.0 Å². The molecular weight excluding hydrogens is 434 g/mol. The van der Waals surface area contributed by atoms with Crippen molar-refractivity contribution in [2.24, 2.45) is 0 Å². The van der Waals surface area contributed by atoms with Crippen molar-refractivity contribution >= 4 is 35.0 Å². The van der Waals surface area contributed by atoms with Crippen LogP contribution in [-0.4, -0.2) is 33.1 Å². The van der Waals surface area contributed by atoms with E-state index in [2.05, 4.69) is 27.9 Å². The number of halogens is 1. The van der Waals surface area contributed by atoms with E-state index < -0.39 is 5.25 Å². The first-order chi connectivity index (χ1) is 15.0. The van der Waals surface area contributed by atoms with E-state index in [4.69, 9.17) is 16.3 Å². The number of aryl methyl sites for hydroxylation is 1. The van der Waals surface area contributed by atoms with Gasteiger partial charge in [-0.25, -0.2) is 4.68 Å². The summed E-state index contributed by atoms with van der Waals surface area (Å²) < 4.78 is 7.19. The minimum atomic E-state index is -0.460. The number of nitrogens with zero attached hydrogens (tertiary/aromatic N) is 3. The average molecular weight is 458 g/mol. The minimum Gasteiger partial charge on any atom is -0.497 e. The lowest BCUT2D eigenvalue weighted by Crippen LogP contribution is -2.41. The number of carbonyl (C=O) groups excluding carboxylic acids is 1. The van der Waals surface area contributed by atoms with Crippen molar-refractivity contribution < 1.29 is 9.53 Å². The Hall–Kier alpha value is -2.71. The minimum absolute atomic E-state index is 0.130. The molecule has 162 valence electrons. The summed E-state index contributed by atoms with van der Waals surface area (Å²) in [6.45, 7) is 3.99. The predicted octanol–water partition coefficient (Wildman–Crippen LogP) is 4.60. The van der Waals surface area contributed by atoms with Gasteiger partial charge in [0.1, 0.15) is 11.0 Å². The molecule has 2 aromatic carbocycles. The van der Waals surface area contributed by atoms with Gasteiger partial charge in [-0.15, -0.1) is 10.2 Å². The molecule has 1 aliphatic heterocycles. The van der Waals surface area contributed by atoms with E-state index >= 15 is 0 Å². The van der Waals surface area contributed by atoms with Crippen molar-refractivity contribution in [1.29, 1.82) is 0 Å². The van der Waals surface area contributed by atoms with Crippen molar-refractivity contribution in [1.82, 2.24) is 14.9 Å². The highest BCUT2D eigenvalue weighted by Crippen LogP contribution is 2.38. The third-order valence-corrected chi connectivity index (χ3v) is 6.86. The number of hydrogen-bond acceptors (Lipinski definition) is 6. The van der Waals surface area contributed by atoms with Crippen molar-refractivity contribution in [3.63, 3.8) is 0 Å². The standard InChI is InChI=1S/C22H24ClN5O2S/c1-4-6-18-25-26-22-28(18)27-19(14-9-11-15(30-3)12-10-14)20(31-22)21(29)24-17-8-5-7-16(23)13(17)2/h5,7-12,19-20,27H,4,6H2,1-3H3,(H,24,29)/t19-,20+/m0/s1. The van der Waals surface area contributed by atoms with Gasteiger partial charge in [0.25, 0.3) is 0 Å². The molecule has 3 aromatic rings. The maximum absolute atomic E-state index is 13.4. The number of methoxy groups -OCH3 is 1. The summed E-state index contributed by atoms with van der Waals surface area (Å²) in [5.41, 5.74) is 5.97. The van der Waals surface area contributed by atoms with E-state index in [-0.39, 0.29) is 11.9 Å². The molecular formula is C22H24ClN5O2S. The summed E-state index contributed by atoms with van der Waals surface area (Å²) in [6.07, 6.45) is 1.75. The predicted molar refractivity (Wildman–Crippen MR) is 124 cm³/mol. The first-order valence-electron chi connectivity index (χ1n) is 10.1. The molecule has 31 heavy (non-hydrogen) atoms. The maximum atomic E-state index is 13.4. The van der Waals surface area contributed by atoms with E-state index in [0.29, 0.717) is 15.9 Å². The highest BCUT2D eigenvalue weighted by atomic mass is 35.5. The lowest BCUT2D eigenvalue weighted by molar-refractivity contribution is -0.116. The number of rotatable bonds is 6. The van der Waals surface area contributed by atoms with Crippen LogP contribution < -0.4 is 15.5 Å². The van der Waals surface area contributed by atoms with Crippen molar-refractivity contribution in [2.75, 3.05) is 17.9 Å². The quantitative estimate of drug-likeness (QED) is 0.563. The average Bonchev–Trinajstić information content (AvgIpc) is 3.18. The van der Waals surface area contributed by atoms with Gasteiger partial charge >= 0.3 is 0 Å². The fraction of sp³-hybridized carbons (Fsp3) is 0.318. The maximum Gasteiger partial charge on any atom is 0.240 e. The van der Waals surface area contributed by atoms with Crippen LogP contribution >= 0.6 is 23.4 Å². The zero-order valence-electron chi connectivity index (χ0n) is 17.6. The van der Waals surface area contributed by atoms with Crippen LogP contribution in [0.3, 0.4) is 0 Å². The molecule has 0 fully saturated rings. The number of fused-ring (bicyclic) bond motifs is 1. The molecule has 0 unspecified atom stereocenters. The molecule has 2 atom stereocenters. The smallest absolute Gasteiger partial charge is 0.240 e. The topological polar surface area (TPSA) is 81.1 Å². The van der Waals surface area contributed by atoms with Crippen LogP contribution in [-0.2, 0) is 11.2 Å². The van der Waals surface area contributed by atoms with Crippen molar-refractivity contribution in [2.45, 2.75) is 43.1 Å². The largest absolute Gasteiger partial charge is 0.497 e. The van der Waals surface area contributed by atoms with Crippen LogP contribution in [0, 0.1) is 6.92 Å². The van der Waals surface area contributed by atoms with Crippen LogP contribution in [0.2, 0.25) is 5.02 Å². The SMILES string of the molecule is CCCc1nnc2n1N[C@@H](c1ccc(OC)cc1)[C@H](C(=O)Nc1cccc(Cl)c1C)S2. The third-order valence-electron chi connectivity index (χ3n) is 5.24. The van der Waals surface area contributed by atoms with Crippen LogP contribution in [0.1, 0.15) is 36.3 Å². The van der Waals surface area contributed by atoms with E-state index in [0.717, 1.165) is 35.5 Å². The number of carbonyl (C=O) groups is 1. The Labute approximate surface area is 190 Å². The molecule has 0 aliphatic carbocycles. The Morgan fingerprint density at radius 2 is 2.03 bits per heavy atom. The first kappa shape index (κ1) is 21.5. The highest BCUT2D eigenvalue weighted by molar-refractivity contribution is 8.00. The van der Waals surface area contributed by atoms with Gasteiger partial charge in [0.15, 0.2) is 5.82 Å². The van der Waals surface area contributed by atoms with Gasteiger partial charge in [0.05, 0.1) is 13.2 Å². The molecule has 0 bridgehead atoms. The number of benzene rings is 2. The summed E-state index contributed by atoms with van der Waals surface area (Å²) in [5.74, 6) is 1.49. The lowest BCUT2D eigenvalue weighted by Gasteiger charge is -2.33. The van der Waals surface area contributed by atoms with Gasteiger partial charge in [-0.1, -0.05) is 48.5 Å². The number of amides is 1. The summed E-state index contributed by atoms with van der Waals surface area (Å²) in [4.78, 5) is 13.4. The molecule has 2 heterocycles. The van der Waals surface area contributed by atoms with E-state index in [1.54, 1.807) is 13.2 Å².